The van der Waals surface area contributed by atoms with Gasteiger partial charge in [0.15, 0.2) is 11.2 Å². The topological polar surface area (TPSA) is 121 Å². The number of rotatable bonds is 6. The van der Waals surface area contributed by atoms with E-state index in [0.29, 0.717) is 11.1 Å². The molecule has 2 aliphatic rings. The monoisotopic (exact) mass is 549 g/mol. The van der Waals surface area contributed by atoms with Crippen LogP contribution in [-0.2, 0) is 5.60 Å². The molecular formula is C32H24FN3O5. The number of aliphatic hydroxyl groups is 1. The first kappa shape index (κ1) is 26.0. The smallest absolute Gasteiger partial charge is 0.255 e. The molecule has 2 N–H and O–H groups in total. The highest BCUT2D eigenvalue weighted by Gasteiger charge is 2.74. The summed E-state index contributed by atoms with van der Waals surface area (Å²) in [6.45, 7) is 5.92. The maximum absolute atomic E-state index is 16.0. The lowest BCUT2D eigenvalue weighted by Gasteiger charge is -2.39. The second-order valence-corrected chi connectivity index (χ2v) is 9.74. The van der Waals surface area contributed by atoms with Gasteiger partial charge in [-0.05, 0) is 30.7 Å². The number of hydrogen-bond acceptors (Lipinski definition) is 7. The molecule has 1 aliphatic heterocycles. The molecule has 0 saturated carbocycles. The summed E-state index contributed by atoms with van der Waals surface area (Å²) in [5.41, 5.74) is -4.02. The number of fused-ring (bicyclic) bond motifs is 5. The van der Waals surface area contributed by atoms with Crippen molar-refractivity contribution in [2.45, 2.75) is 24.0 Å². The highest BCUT2D eigenvalue weighted by Crippen LogP contribution is 2.66. The number of furan rings is 1. The zero-order valence-corrected chi connectivity index (χ0v) is 22.1. The second-order valence-electron chi connectivity index (χ2n) is 9.74. The average Bonchev–Trinajstić information content (AvgIpc) is 3.65. The number of hydrogen-bond donors (Lipinski definition) is 2. The van der Waals surface area contributed by atoms with Crippen LogP contribution in [0.4, 0.5) is 4.39 Å². The normalized spacial score (nSPS) is 22.5. The molecule has 9 heteroatoms. The summed E-state index contributed by atoms with van der Waals surface area (Å²) in [5.74, 6) is -1.31. The molecular weight excluding hydrogens is 525 g/mol. The Hall–Kier alpha value is -5.20. The van der Waals surface area contributed by atoms with Gasteiger partial charge in [-0.25, -0.2) is 9.37 Å². The maximum Gasteiger partial charge on any atom is 0.255 e. The third kappa shape index (κ3) is 3.54. The fourth-order valence-corrected chi connectivity index (χ4v) is 5.86. The summed E-state index contributed by atoms with van der Waals surface area (Å²) in [4.78, 5) is 21.4. The molecule has 6 rings (SSSR count). The minimum atomic E-state index is -2.34. The number of H-pyrrole nitrogens is 1. The molecule has 2 aromatic heterocycles. The molecule has 0 spiro atoms. The SMILES string of the molecule is C=C(/C=C\C(C#N)=C/C)[C@@]12Oc3cc(OC)cc(F)c3[C@]1(O)c1nc(-c3ccccc3)[nH]c(=O)c1[C@H]2c1ccco1. The number of nitrogens with one attached hydrogen (secondary N) is 1. The van der Waals surface area contributed by atoms with Gasteiger partial charge in [0.1, 0.15) is 28.9 Å². The third-order valence-corrected chi connectivity index (χ3v) is 7.68. The Kier molecular flexibility index (Phi) is 6.01. The van der Waals surface area contributed by atoms with E-state index in [-0.39, 0.29) is 45.5 Å². The van der Waals surface area contributed by atoms with Crippen LogP contribution in [0.2, 0.25) is 0 Å². The number of aromatic amines is 1. The van der Waals surface area contributed by atoms with E-state index in [1.807, 2.05) is 6.07 Å². The number of benzene rings is 2. The highest BCUT2D eigenvalue weighted by molar-refractivity contribution is 5.68. The number of ether oxygens (including phenoxy) is 2. The molecule has 8 nitrogen and oxygen atoms in total. The van der Waals surface area contributed by atoms with Crippen LogP contribution in [0, 0.1) is 17.1 Å². The van der Waals surface area contributed by atoms with E-state index < -0.39 is 28.5 Å². The lowest BCUT2D eigenvalue weighted by atomic mass is 9.71. The Morgan fingerprint density at radius 2 is 2.02 bits per heavy atom. The number of nitriles is 1. The molecule has 41 heavy (non-hydrogen) atoms. The fraction of sp³-hybridized carbons (Fsp3) is 0.156. The summed E-state index contributed by atoms with van der Waals surface area (Å²) in [6, 6.07) is 16.8. The first-order valence-electron chi connectivity index (χ1n) is 12.8. The van der Waals surface area contributed by atoms with Crippen molar-refractivity contribution in [1.29, 1.82) is 5.26 Å². The maximum atomic E-state index is 16.0. The zero-order chi connectivity index (χ0) is 28.9. The number of nitrogens with zero attached hydrogens (tertiary/aromatic N) is 2. The van der Waals surface area contributed by atoms with Crippen molar-refractivity contribution in [2.75, 3.05) is 7.11 Å². The van der Waals surface area contributed by atoms with Crippen molar-refractivity contribution < 1.29 is 23.4 Å². The molecule has 4 aromatic rings. The van der Waals surface area contributed by atoms with Crippen molar-refractivity contribution in [1.82, 2.24) is 9.97 Å². The molecule has 3 atom stereocenters. The first-order chi connectivity index (χ1) is 19.8. The van der Waals surface area contributed by atoms with Crippen molar-refractivity contribution in [3.63, 3.8) is 0 Å². The van der Waals surface area contributed by atoms with Crippen LogP contribution in [-0.4, -0.2) is 27.8 Å². The Balaban J connectivity index is 1.73. The van der Waals surface area contributed by atoms with Crippen molar-refractivity contribution >= 4 is 0 Å². The Labute approximate surface area is 234 Å². The Bertz CT molecular complexity index is 1850. The predicted molar refractivity (Wildman–Crippen MR) is 148 cm³/mol. The molecule has 0 fully saturated rings. The molecule has 0 bridgehead atoms. The van der Waals surface area contributed by atoms with Gasteiger partial charge in [0.05, 0.1) is 42.2 Å². The van der Waals surface area contributed by atoms with E-state index in [1.54, 1.807) is 49.4 Å². The van der Waals surface area contributed by atoms with Crippen LogP contribution in [0.5, 0.6) is 11.5 Å². The quantitative estimate of drug-likeness (QED) is 0.248. The Morgan fingerprint density at radius 3 is 2.68 bits per heavy atom. The van der Waals surface area contributed by atoms with Gasteiger partial charge in [-0.15, -0.1) is 0 Å². The summed E-state index contributed by atoms with van der Waals surface area (Å²) >= 11 is 0. The minimum Gasteiger partial charge on any atom is -0.497 e. The van der Waals surface area contributed by atoms with E-state index in [9.17, 15) is 15.2 Å². The van der Waals surface area contributed by atoms with E-state index in [4.69, 9.17) is 18.9 Å². The molecule has 0 amide bonds. The number of halogens is 1. The van der Waals surface area contributed by atoms with E-state index in [1.165, 1.54) is 31.6 Å². The van der Waals surface area contributed by atoms with E-state index >= 15 is 4.39 Å². The lowest BCUT2D eigenvalue weighted by molar-refractivity contribution is -0.0613. The minimum absolute atomic E-state index is 0.00371. The van der Waals surface area contributed by atoms with Crippen LogP contribution in [0.15, 0.2) is 106 Å². The van der Waals surface area contributed by atoms with Gasteiger partial charge in [-0.3, -0.25) is 4.79 Å². The average molecular weight is 550 g/mol. The van der Waals surface area contributed by atoms with Gasteiger partial charge in [0, 0.05) is 23.3 Å². The predicted octanol–water partition coefficient (Wildman–Crippen LogP) is 5.27. The largest absolute Gasteiger partial charge is 0.497 e. The number of aromatic nitrogens is 2. The van der Waals surface area contributed by atoms with Gasteiger partial charge in [0.25, 0.3) is 5.56 Å². The van der Waals surface area contributed by atoms with Gasteiger partial charge < -0.3 is 24.0 Å². The van der Waals surface area contributed by atoms with Crippen molar-refractivity contribution in [3.8, 4) is 29.0 Å². The van der Waals surface area contributed by atoms with Crippen LogP contribution in [0.3, 0.4) is 0 Å². The highest BCUT2D eigenvalue weighted by atomic mass is 19.1. The first-order valence-corrected chi connectivity index (χ1v) is 12.8. The summed E-state index contributed by atoms with van der Waals surface area (Å²) in [7, 11) is 1.39. The number of methoxy groups -OCH3 is 1. The lowest BCUT2D eigenvalue weighted by Crippen LogP contribution is -2.53. The van der Waals surface area contributed by atoms with Crippen molar-refractivity contribution in [2.24, 2.45) is 0 Å². The summed E-state index contributed by atoms with van der Waals surface area (Å²) < 4.78 is 33.6. The summed E-state index contributed by atoms with van der Waals surface area (Å²) in [6.07, 6.45) is 6.06. The van der Waals surface area contributed by atoms with Crippen LogP contribution >= 0.6 is 0 Å². The molecule has 0 saturated heterocycles. The molecule has 0 unspecified atom stereocenters. The Morgan fingerprint density at radius 1 is 1.24 bits per heavy atom. The van der Waals surface area contributed by atoms with Gasteiger partial charge in [-0.2, -0.15) is 5.26 Å². The molecule has 0 radical (unpaired) electrons. The fourth-order valence-electron chi connectivity index (χ4n) is 5.86. The number of allylic oxidation sites excluding steroid dienone is 3. The van der Waals surface area contributed by atoms with Gasteiger partial charge >= 0.3 is 0 Å². The van der Waals surface area contributed by atoms with Crippen LogP contribution in [0.25, 0.3) is 11.4 Å². The molecule has 3 heterocycles. The van der Waals surface area contributed by atoms with Crippen molar-refractivity contribution in [3.05, 3.63) is 136 Å². The summed E-state index contributed by atoms with van der Waals surface area (Å²) in [5, 5.41) is 22.4. The third-order valence-electron chi connectivity index (χ3n) is 7.68. The molecule has 204 valence electrons. The van der Waals surface area contributed by atoms with Gasteiger partial charge in [0.2, 0.25) is 0 Å². The zero-order valence-electron chi connectivity index (χ0n) is 22.1. The van der Waals surface area contributed by atoms with E-state index in [2.05, 4.69) is 17.6 Å². The molecule has 1 aliphatic carbocycles. The van der Waals surface area contributed by atoms with Crippen LogP contribution < -0.4 is 15.0 Å². The molecule has 2 aromatic carbocycles. The van der Waals surface area contributed by atoms with Gasteiger partial charge in [-0.1, -0.05) is 49.1 Å². The second kappa shape index (κ2) is 9.47. The van der Waals surface area contributed by atoms with Crippen LogP contribution in [0.1, 0.15) is 35.4 Å². The van der Waals surface area contributed by atoms with E-state index in [0.717, 1.165) is 6.07 Å². The standard InChI is InChI=1S/C32H24FN3O5/c1-4-19(17-34)13-12-18(2)32-27(23-11-8-14-40-23)25-28(35-29(36-30(25)37)20-9-6-5-7-10-20)31(32,38)26-22(33)15-21(39-3)16-24(26)41-32/h4-16,27,38H,2H2,1,3H3,(H,35,36,37)/b13-12-,19-4+/t27-,31+,32+/m1/s1.